The lowest BCUT2D eigenvalue weighted by Crippen LogP contribution is -2.56. The second-order valence-corrected chi connectivity index (χ2v) is 7.42. The SMILES string of the molecule is CC(C)(C)OC(=O)C1(O)C(=O)c2ccccc2CC1c1ccccc1. The van der Waals surface area contributed by atoms with Crippen molar-refractivity contribution < 1.29 is 19.4 Å². The van der Waals surface area contributed by atoms with Crippen molar-refractivity contribution in [3.8, 4) is 0 Å². The molecule has 0 saturated heterocycles. The monoisotopic (exact) mass is 338 g/mol. The largest absolute Gasteiger partial charge is 0.457 e. The maximum atomic E-state index is 13.1. The van der Waals surface area contributed by atoms with E-state index in [0.717, 1.165) is 11.1 Å². The Bertz CT molecular complexity index is 804. The smallest absolute Gasteiger partial charge is 0.347 e. The van der Waals surface area contributed by atoms with Gasteiger partial charge in [0.15, 0.2) is 0 Å². The van der Waals surface area contributed by atoms with E-state index in [0.29, 0.717) is 12.0 Å². The molecule has 130 valence electrons. The molecule has 0 amide bonds. The Morgan fingerprint density at radius 2 is 1.68 bits per heavy atom. The van der Waals surface area contributed by atoms with E-state index >= 15 is 0 Å². The van der Waals surface area contributed by atoms with Crippen LogP contribution >= 0.6 is 0 Å². The van der Waals surface area contributed by atoms with Gasteiger partial charge < -0.3 is 9.84 Å². The number of ether oxygens (including phenoxy) is 1. The van der Waals surface area contributed by atoms with E-state index in [9.17, 15) is 14.7 Å². The summed E-state index contributed by atoms with van der Waals surface area (Å²) >= 11 is 0. The summed E-state index contributed by atoms with van der Waals surface area (Å²) in [5.41, 5.74) is -1.09. The molecule has 0 aliphatic heterocycles. The first kappa shape index (κ1) is 17.4. The number of aliphatic hydroxyl groups is 1. The summed E-state index contributed by atoms with van der Waals surface area (Å²) in [5, 5.41) is 11.3. The second kappa shape index (κ2) is 6.12. The zero-order chi connectivity index (χ0) is 18.2. The second-order valence-electron chi connectivity index (χ2n) is 7.42. The minimum absolute atomic E-state index is 0.378. The van der Waals surface area contributed by atoms with Crippen molar-refractivity contribution in [1.82, 2.24) is 0 Å². The highest BCUT2D eigenvalue weighted by molar-refractivity contribution is 6.17. The van der Waals surface area contributed by atoms with E-state index in [1.807, 2.05) is 42.5 Å². The number of hydrogen-bond donors (Lipinski definition) is 1. The normalized spacial score (nSPS) is 23.0. The Hall–Kier alpha value is -2.46. The average Bonchev–Trinajstić information content (AvgIpc) is 2.57. The Morgan fingerprint density at radius 1 is 1.08 bits per heavy atom. The molecule has 0 bridgehead atoms. The van der Waals surface area contributed by atoms with E-state index < -0.39 is 28.9 Å². The first-order valence-electron chi connectivity index (χ1n) is 8.37. The third-order valence-electron chi connectivity index (χ3n) is 4.45. The molecule has 0 aromatic heterocycles. The fourth-order valence-electron chi connectivity index (χ4n) is 3.29. The maximum Gasteiger partial charge on any atom is 0.347 e. The van der Waals surface area contributed by atoms with Gasteiger partial charge in [-0.3, -0.25) is 4.79 Å². The molecule has 0 saturated carbocycles. The van der Waals surface area contributed by atoms with E-state index in [1.54, 1.807) is 32.9 Å². The van der Waals surface area contributed by atoms with Crippen LogP contribution in [0.5, 0.6) is 0 Å². The first-order chi connectivity index (χ1) is 11.7. The van der Waals surface area contributed by atoms with Gasteiger partial charge in [0, 0.05) is 11.5 Å². The molecule has 1 aliphatic carbocycles. The lowest BCUT2D eigenvalue weighted by molar-refractivity contribution is -0.174. The molecule has 2 unspecified atom stereocenters. The molecule has 25 heavy (non-hydrogen) atoms. The highest BCUT2D eigenvalue weighted by Crippen LogP contribution is 2.41. The van der Waals surface area contributed by atoms with Gasteiger partial charge in [-0.05, 0) is 38.3 Å². The Balaban J connectivity index is 2.14. The number of carbonyl (C=O) groups excluding carboxylic acids is 2. The zero-order valence-corrected chi connectivity index (χ0v) is 14.7. The first-order valence-corrected chi connectivity index (χ1v) is 8.37. The number of hydrogen-bond acceptors (Lipinski definition) is 4. The van der Waals surface area contributed by atoms with Crippen molar-refractivity contribution >= 4 is 11.8 Å². The third kappa shape index (κ3) is 3.10. The average molecular weight is 338 g/mol. The summed E-state index contributed by atoms with van der Waals surface area (Å²) in [5.74, 6) is -2.18. The predicted octanol–water partition coefficient (Wildman–Crippen LogP) is 3.28. The predicted molar refractivity (Wildman–Crippen MR) is 94.5 cm³/mol. The maximum absolute atomic E-state index is 13.1. The van der Waals surface area contributed by atoms with Gasteiger partial charge in [0.25, 0.3) is 0 Å². The lowest BCUT2D eigenvalue weighted by atomic mass is 9.68. The standard InChI is InChI=1S/C21H22O4/c1-20(2,3)25-19(23)21(24)17(14-9-5-4-6-10-14)13-15-11-7-8-12-16(15)18(21)22/h4-12,17,24H,13H2,1-3H3. The summed E-state index contributed by atoms with van der Waals surface area (Å²) in [6.07, 6.45) is 0.391. The van der Waals surface area contributed by atoms with Gasteiger partial charge in [0.05, 0.1) is 0 Å². The Labute approximate surface area is 147 Å². The zero-order valence-electron chi connectivity index (χ0n) is 14.7. The summed E-state index contributed by atoms with van der Waals surface area (Å²) in [4.78, 5) is 25.9. The molecule has 0 heterocycles. The molecular weight excluding hydrogens is 316 g/mol. The van der Waals surface area contributed by atoms with Gasteiger partial charge in [0.2, 0.25) is 11.4 Å². The molecule has 2 aromatic rings. The molecule has 3 rings (SSSR count). The number of benzene rings is 2. The van der Waals surface area contributed by atoms with Gasteiger partial charge in [-0.2, -0.15) is 0 Å². The summed E-state index contributed by atoms with van der Waals surface area (Å²) in [6.45, 7) is 5.15. The van der Waals surface area contributed by atoms with E-state index in [-0.39, 0.29) is 0 Å². The lowest BCUT2D eigenvalue weighted by Gasteiger charge is -2.39. The quantitative estimate of drug-likeness (QED) is 0.674. The topological polar surface area (TPSA) is 63.6 Å². The van der Waals surface area contributed by atoms with Crippen molar-refractivity contribution in [3.05, 3.63) is 71.3 Å². The summed E-state index contributed by atoms with van der Waals surface area (Å²) < 4.78 is 5.41. The van der Waals surface area contributed by atoms with E-state index in [1.165, 1.54) is 0 Å². The highest BCUT2D eigenvalue weighted by Gasteiger charge is 2.56. The fourth-order valence-corrected chi connectivity index (χ4v) is 3.29. The number of rotatable bonds is 2. The van der Waals surface area contributed by atoms with Crippen LogP contribution in [0.3, 0.4) is 0 Å². The molecule has 0 radical (unpaired) electrons. The Morgan fingerprint density at radius 3 is 2.32 bits per heavy atom. The molecular formula is C21H22O4. The number of ketones is 1. The van der Waals surface area contributed by atoms with Crippen LogP contribution < -0.4 is 0 Å². The minimum Gasteiger partial charge on any atom is -0.457 e. The van der Waals surface area contributed by atoms with Crippen molar-refractivity contribution in [2.45, 2.75) is 44.3 Å². The molecule has 2 atom stereocenters. The molecule has 4 nitrogen and oxygen atoms in total. The molecule has 1 aliphatic rings. The van der Waals surface area contributed by atoms with Crippen LogP contribution in [0.15, 0.2) is 54.6 Å². The van der Waals surface area contributed by atoms with E-state index in [2.05, 4.69) is 0 Å². The fraction of sp³-hybridized carbons (Fsp3) is 0.333. The van der Waals surface area contributed by atoms with Crippen LogP contribution in [0.4, 0.5) is 0 Å². The molecule has 1 N–H and O–H groups in total. The molecule has 0 fully saturated rings. The third-order valence-corrected chi connectivity index (χ3v) is 4.45. The van der Waals surface area contributed by atoms with Crippen LogP contribution in [0.1, 0.15) is 48.2 Å². The number of fused-ring (bicyclic) bond motifs is 1. The molecule has 2 aromatic carbocycles. The van der Waals surface area contributed by atoms with Crippen molar-refractivity contribution in [1.29, 1.82) is 0 Å². The Kier molecular flexibility index (Phi) is 4.25. The van der Waals surface area contributed by atoms with Gasteiger partial charge in [0.1, 0.15) is 5.60 Å². The van der Waals surface area contributed by atoms with Crippen LogP contribution in [-0.2, 0) is 16.0 Å². The van der Waals surface area contributed by atoms with Crippen LogP contribution in [0, 0.1) is 0 Å². The highest BCUT2D eigenvalue weighted by atomic mass is 16.6. The summed E-state index contributed by atoms with van der Waals surface area (Å²) in [7, 11) is 0. The summed E-state index contributed by atoms with van der Waals surface area (Å²) in [6, 6.07) is 16.2. The van der Waals surface area contributed by atoms with Crippen LogP contribution in [0.25, 0.3) is 0 Å². The molecule has 0 spiro atoms. The van der Waals surface area contributed by atoms with Crippen LogP contribution in [0.2, 0.25) is 0 Å². The van der Waals surface area contributed by atoms with Crippen molar-refractivity contribution in [2.24, 2.45) is 0 Å². The van der Waals surface area contributed by atoms with Gasteiger partial charge >= 0.3 is 5.97 Å². The van der Waals surface area contributed by atoms with Gasteiger partial charge in [-0.1, -0.05) is 54.6 Å². The minimum atomic E-state index is -2.23. The van der Waals surface area contributed by atoms with Gasteiger partial charge in [-0.15, -0.1) is 0 Å². The molecule has 4 heteroatoms. The van der Waals surface area contributed by atoms with Crippen molar-refractivity contribution in [3.63, 3.8) is 0 Å². The number of carbonyl (C=O) groups is 2. The van der Waals surface area contributed by atoms with E-state index in [4.69, 9.17) is 4.74 Å². The van der Waals surface area contributed by atoms with Crippen LogP contribution in [-0.4, -0.2) is 28.1 Å². The number of esters is 1. The number of Topliss-reactive ketones (excluding diaryl/α,β-unsaturated/α-hetero) is 1. The van der Waals surface area contributed by atoms with Gasteiger partial charge in [-0.25, -0.2) is 4.79 Å². The van der Waals surface area contributed by atoms with Crippen molar-refractivity contribution in [2.75, 3.05) is 0 Å².